The highest BCUT2D eigenvalue weighted by atomic mass is 32.2. The summed E-state index contributed by atoms with van der Waals surface area (Å²) in [5.74, 6) is 2.15. The van der Waals surface area contributed by atoms with Gasteiger partial charge in [0.05, 0.1) is 11.3 Å². The zero-order chi connectivity index (χ0) is 24.7. The molecule has 0 saturated carbocycles. The van der Waals surface area contributed by atoms with Crippen molar-refractivity contribution in [3.8, 4) is 0 Å². The number of aromatic nitrogens is 4. The van der Waals surface area contributed by atoms with Crippen molar-refractivity contribution in [2.45, 2.75) is 56.5 Å². The maximum absolute atomic E-state index is 13.3. The van der Waals surface area contributed by atoms with Gasteiger partial charge in [-0.15, -0.1) is 0 Å². The number of pyridine rings is 2. The number of hydrogen-bond acceptors (Lipinski definition) is 7. The lowest BCUT2D eigenvalue weighted by Gasteiger charge is -2.38. The summed E-state index contributed by atoms with van der Waals surface area (Å²) >= 11 is 0. The number of nitrogens with zero attached hydrogens (tertiary/aromatic N) is 4. The number of benzene rings is 1. The molecule has 0 aliphatic carbocycles. The van der Waals surface area contributed by atoms with Gasteiger partial charge in [-0.25, -0.2) is 13.4 Å². The smallest absolute Gasteiger partial charge is 0.218 e. The van der Waals surface area contributed by atoms with Crippen LogP contribution in [-0.4, -0.2) is 51.0 Å². The summed E-state index contributed by atoms with van der Waals surface area (Å²) in [6.07, 6.45) is 5.07. The van der Waals surface area contributed by atoms with E-state index in [1.54, 1.807) is 10.5 Å². The van der Waals surface area contributed by atoms with Gasteiger partial charge >= 0.3 is 0 Å². The van der Waals surface area contributed by atoms with Gasteiger partial charge in [-0.3, -0.25) is 10.1 Å². The van der Waals surface area contributed by atoms with E-state index in [1.165, 1.54) is 0 Å². The third-order valence-corrected chi connectivity index (χ3v) is 9.02. The molecule has 0 spiro atoms. The highest BCUT2D eigenvalue weighted by molar-refractivity contribution is 7.88. The molecule has 6 rings (SSSR count). The Morgan fingerprint density at radius 1 is 1.03 bits per heavy atom. The van der Waals surface area contributed by atoms with Gasteiger partial charge in [0.25, 0.3) is 0 Å². The standard InChI is InChI=1S/C26H29N7O2S/c1-17-12-25(32-31-17)29-24-15-23-22(8-5-11-27-23)26(30-24)28-19-13-20-9-10-21(14-19)33(20)36(34,35)16-18-6-3-2-4-7-18/h2-8,11-12,15,19-21H,9-10,13-14,16H2,1H3,(H3,28,29,30,31,32)/t19?,20-,21+. The van der Waals surface area contributed by atoms with Crippen molar-refractivity contribution in [2.75, 3.05) is 10.6 Å². The Morgan fingerprint density at radius 3 is 2.53 bits per heavy atom. The molecule has 1 aromatic carbocycles. The minimum absolute atomic E-state index is 0.00712. The molecule has 1 unspecified atom stereocenters. The first-order valence-corrected chi connectivity index (χ1v) is 13.9. The van der Waals surface area contributed by atoms with Gasteiger partial charge in [0, 0.05) is 47.5 Å². The largest absolute Gasteiger partial charge is 0.367 e. The summed E-state index contributed by atoms with van der Waals surface area (Å²) in [6.45, 7) is 1.95. The number of anilines is 3. The van der Waals surface area contributed by atoms with E-state index in [2.05, 4.69) is 25.8 Å². The molecule has 3 atom stereocenters. The Hall–Kier alpha value is -3.50. The van der Waals surface area contributed by atoms with Crippen LogP contribution in [0.15, 0.2) is 60.8 Å². The van der Waals surface area contributed by atoms with Crippen LogP contribution in [0.2, 0.25) is 0 Å². The second kappa shape index (κ2) is 9.18. The SMILES string of the molecule is Cc1cc(Nc2cc3ncccc3c(NC3C[C@H]4CC[C@@H](C3)N4S(=O)(=O)Cc3ccccc3)n2)n[nH]1. The topological polar surface area (TPSA) is 116 Å². The third kappa shape index (κ3) is 4.54. The lowest BCUT2D eigenvalue weighted by molar-refractivity contribution is 0.234. The second-order valence-electron chi connectivity index (χ2n) is 9.76. The Kier molecular flexibility index (Phi) is 5.85. The average molecular weight is 504 g/mol. The fourth-order valence-corrected chi connectivity index (χ4v) is 7.68. The molecule has 186 valence electrons. The summed E-state index contributed by atoms with van der Waals surface area (Å²) < 4.78 is 28.5. The van der Waals surface area contributed by atoms with E-state index in [9.17, 15) is 8.42 Å². The monoisotopic (exact) mass is 503 g/mol. The van der Waals surface area contributed by atoms with Gasteiger partial charge in [-0.1, -0.05) is 30.3 Å². The van der Waals surface area contributed by atoms with Crippen molar-refractivity contribution >= 4 is 38.4 Å². The first-order chi connectivity index (χ1) is 17.4. The van der Waals surface area contributed by atoms with Gasteiger partial charge in [0.2, 0.25) is 10.0 Å². The number of nitrogens with one attached hydrogen (secondary N) is 3. The molecule has 2 saturated heterocycles. The minimum atomic E-state index is -3.38. The van der Waals surface area contributed by atoms with Crippen molar-refractivity contribution < 1.29 is 8.42 Å². The lowest BCUT2D eigenvalue weighted by Crippen LogP contribution is -2.50. The van der Waals surface area contributed by atoms with Crippen LogP contribution < -0.4 is 10.6 Å². The number of H-pyrrole nitrogens is 1. The van der Waals surface area contributed by atoms with Crippen LogP contribution in [0, 0.1) is 6.92 Å². The molecular formula is C26H29N7O2S. The van der Waals surface area contributed by atoms with Crippen LogP contribution >= 0.6 is 0 Å². The van der Waals surface area contributed by atoms with Crippen LogP contribution in [0.5, 0.6) is 0 Å². The molecule has 4 aromatic rings. The molecule has 2 bridgehead atoms. The summed E-state index contributed by atoms with van der Waals surface area (Å²) in [5.41, 5.74) is 2.62. The fraction of sp³-hybridized carbons (Fsp3) is 0.346. The molecule has 36 heavy (non-hydrogen) atoms. The molecule has 2 aliphatic rings. The highest BCUT2D eigenvalue weighted by Crippen LogP contribution is 2.40. The van der Waals surface area contributed by atoms with Gasteiger partial charge in [-0.2, -0.15) is 9.40 Å². The maximum Gasteiger partial charge on any atom is 0.218 e. The van der Waals surface area contributed by atoms with Crippen molar-refractivity contribution in [2.24, 2.45) is 0 Å². The third-order valence-electron chi connectivity index (χ3n) is 7.08. The number of fused-ring (bicyclic) bond motifs is 3. The van der Waals surface area contributed by atoms with Crippen LogP contribution in [-0.2, 0) is 15.8 Å². The van der Waals surface area contributed by atoms with Crippen molar-refractivity contribution in [3.63, 3.8) is 0 Å². The quantitative estimate of drug-likeness (QED) is 0.343. The Morgan fingerprint density at radius 2 is 1.81 bits per heavy atom. The number of hydrogen-bond donors (Lipinski definition) is 3. The van der Waals surface area contributed by atoms with Gasteiger partial charge in [0.15, 0.2) is 5.82 Å². The van der Waals surface area contributed by atoms with Gasteiger partial charge in [0.1, 0.15) is 11.6 Å². The van der Waals surface area contributed by atoms with Crippen LogP contribution in [0.25, 0.3) is 10.9 Å². The zero-order valence-electron chi connectivity index (χ0n) is 20.1. The lowest BCUT2D eigenvalue weighted by atomic mass is 9.99. The summed E-state index contributed by atoms with van der Waals surface area (Å²) in [7, 11) is -3.38. The number of aromatic amines is 1. The van der Waals surface area contributed by atoms with Crippen molar-refractivity contribution in [1.82, 2.24) is 24.5 Å². The van der Waals surface area contributed by atoms with E-state index >= 15 is 0 Å². The molecular weight excluding hydrogens is 474 g/mol. The average Bonchev–Trinajstić information content (AvgIpc) is 3.39. The van der Waals surface area contributed by atoms with E-state index in [-0.39, 0.29) is 23.9 Å². The second-order valence-corrected chi connectivity index (χ2v) is 11.6. The molecule has 10 heteroatoms. The summed E-state index contributed by atoms with van der Waals surface area (Å²) in [6, 6.07) is 17.3. The maximum atomic E-state index is 13.3. The molecule has 3 aromatic heterocycles. The highest BCUT2D eigenvalue weighted by Gasteiger charge is 2.46. The molecule has 3 N–H and O–H groups in total. The molecule has 5 heterocycles. The fourth-order valence-electron chi connectivity index (χ4n) is 5.62. The van der Waals surface area contributed by atoms with E-state index in [4.69, 9.17) is 4.98 Å². The normalized spacial score (nSPS) is 22.1. The first kappa shape index (κ1) is 22.9. The van der Waals surface area contributed by atoms with E-state index < -0.39 is 10.0 Å². The number of aryl methyl sites for hydroxylation is 1. The molecule has 9 nitrogen and oxygen atoms in total. The van der Waals surface area contributed by atoms with Crippen molar-refractivity contribution in [3.05, 3.63) is 72.1 Å². The predicted octanol–water partition coefficient (Wildman–Crippen LogP) is 4.34. The Bertz CT molecular complexity index is 1470. The van der Waals surface area contributed by atoms with Crippen LogP contribution in [0.1, 0.15) is 36.9 Å². The van der Waals surface area contributed by atoms with E-state index in [0.717, 1.165) is 53.7 Å². The number of sulfonamides is 1. The van der Waals surface area contributed by atoms with E-state index in [0.29, 0.717) is 11.6 Å². The van der Waals surface area contributed by atoms with Crippen LogP contribution in [0.4, 0.5) is 17.5 Å². The Balaban J connectivity index is 1.22. The number of piperidine rings is 1. The Labute approximate surface area is 210 Å². The van der Waals surface area contributed by atoms with Gasteiger partial charge in [-0.05, 0) is 50.3 Å². The molecule has 0 amide bonds. The molecule has 0 radical (unpaired) electrons. The van der Waals surface area contributed by atoms with Crippen LogP contribution in [0.3, 0.4) is 0 Å². The van der Waals surface area contributed by atoms with Gasteiger partial charge < -0.3 is 10.6 Å². The molecule has 2 fully saturated rings. The predicted molar refractivity (Wildman–Crippen MR) is 141 cm³/mol. The van der Waals surface area contributed by atoms with E-state index in [1.807, 2.05) is 61.5 Å². The number of rotatable bonds is 7. The summed E-state index contributed by atoms with van der Waals surface area (Å²) in [5, 5.41) is 15.0. The zero-order valence-corrected chi connectivity index (χ0v) is 20.9. The molecule has 2 aliphatic heterocycles. The minimum Gasteiger partial charge on any atom is -0.367 e. The van der Waals surface area contributed by atoms with Crippen molar-refractivity contribution in [1.29, 1.82) is 0 Å². The first-order valence-electron chi connectivity index (χ1n) is 12.3. The summed E-state index contributed by atoms with van der Waals surface area (Å²) in [4.78, 5) is 9.38.